The molecule has 0 fully saturated rings. The van der Waals surface area contributed by atoms with Gasteiger partial charge in [0.25, 0.3) is 5.91 Å². The molecule has 0 aliphatic heterocycles. The third kappa shape index (κ3) is 4.62. The molecule has 0 spiro atoms. The highest BCUT2D eigenvalue weighted by Gasteiger charge is 2.23. The van der Waals surface area contributed by atoms with E-state index in [0.717, 1.165) is 5.56 Å². The highest BCUT2D eigenvalue weighted by atomic mass is 32.2. The Balaban J connectivity index is 1.90. The van der Waals surface area contributed by atoms with Crippen LogP contribution in [0.15, 0.2) is 58.4 Å². The number of nitrogens with one attached hydrogen (secondary N) is 2. The number of carbonyl (C=O) groups is 1. The summed E-state index contributed by atoms with van der Waals surface area (Å²) in [7, 11) is -2.15. The van der Waals surface area contributed by atoms with Crippen molar-refractivity contribution in [2.75, 3.05) is 20.2 Å². The summed E-state index contributed by atoms with van der Waals surface area (Å²) >= 11 is 0. The lowest BCUT2D eigenvalue weighted by molar-refractivity contribution is 0.0949. The number of ether oxygens (including phenoxy) is 1. The van der Waals surface area contributed by atoms with Gasteiger partial charge in [0, 0.05) is 36.7 Å². The first-order chi connectivity index (χ1) is 14.8. The van der Waals surface area contributed by atoms with Gasteiger partial charge in [0.2, 0.25) is 15.5 Å². The first-order valence-corrected chi connectivity index (χ1v) is 11.3. The predicted octanol–water partition coefficient (Wildman–Crippen LogP) is 2.50. The van der Waals surface area contributed by atoms with Gasteiger partial charge in [-0.2, -0.15) is 4.31 Å². The van der Waals surface area contributed by atoms with Crippen LogP contribution in [0.4, 0.5) is 0 Å². The van der Waals surface area contributed by atoms with E-state index in [1.807, 2.05) is 12.1 Å². The van der Waals surface area contributed by atoms with E-state index < -0.39 is 21.4 Å². The molecule has 3 aromatic rings. The third-order valence-electron chi connectivity index (χ3n) is 5.05. The number of benzene rings is 2. The Morgan fingerprint density at radius 2 is 1.77 bits per heavy atom. The highest BCUT2D eigenvalue weighted by Crippen LogP contribution is 2.19. The number of H-pyrrole nitrogens is 1. The van der Waals surface area contributed by atoms with Gasteiger partial charge in [-0.05, 0) is 35.9 Å². The molecular formula is C22H25N3O5S. The number of rotatable bonds is 8. The Morgan fingerprint density at radius 3 is 2.39 bits per heavy atom. The van der Waals surface area contributed by atoms with Crippen molar-refractivity contribution in [2.45, 2.75) is 25.3 Å². The Bertz CT molecular complexity index is 1250. The summed E-state index contributed by atoms with van der Waals surface area (Å²) in [5, 5.41) is 2.86. The second-order valence-corrected chi connectivity index (χ2v) is 8.80. The van der Waals surface area contributed by atoms with E-state index in [4.69, 9.17) is 4.74 Å². The maximum absolute atomic E-state index is 12.9. The maximum atomic E-state index is 12.9. The molecule has 2 N–H and O–H groups in total. The van der Waals surface area contributed by atoms with Crippen molar-refractivity contribution < 1.29 is 17.9 Å². The quantitative estimate of drug-likeness (QED) is 0.556. The van der Waals surface area contributed by atoms with Gasteiger partial charge in [0.15, 0.2) is 0 Å². The summed E-state index contributed by atoms with van der Waals surface area (Å²) in [6.07, 6.45) is 1.34. The van der Waals surface area contributed by atoms with Crippen LogP contribution < -0.4 is 15.5 Å². The number of fused-ring (bicyclic) bond motifs is 1. The number of sulfonamides is 1. The molecule has 9 heteroatoms. The molecule has 0 bridgehead atoms. The number of nitrogens with zero attached hydrogens (tertiary/aromatic N) is 1. The molecule has 0 saturated carbocycles. The van der Waals surface area contributed by atoms with Gasteiger partial charge in [-0.15, -0.1) is 0 Å². The van der Waals surface area contributed by atoms with Crippen LogP contribution in [0.1, 0.15) is 29.8 Å². The Kier molecular flexibility index (Phi) is 6.77. The molecule has 164 valence electrons. The standard InChI is InChI=1S/C22H25N3O5S/c1-4-25(5-2)31(28,29)17-10-11-20-18(12-17)21(26)19(14-23-20)22(27)24-13-15-6-8-16(30-3)9-7-15/h6-12,14H,4-5,13H2,1-3H3,(H,23,26)(H,24,27). The lowest BCUT2D eigenvalue weighted by Gasteiger charge is -2.18. The predicted molar refractivity (Wildman–Crippen MR) is 119 cm³/mol. The van der Waals surface area contributed by atoms with Crippen molar-refractivity contribution in [2.24, 2.45) is 0 Å². The van der Waals surface area contributed by atoms with E-state index in [2.05, 4.69) is 10.3 Å². The van der Waals surface area contributed by atoms with Crippen molar-refractivity contribution in [1.29, 1.82) is 0 Å². The van der Waals surface area contributed by atoms with Crippen LogP contribution in [-0.4, -0.2) is 43.8 Å². The summed E-state index contributed by atoms with van der Waals surface area (Å²) in [5.74, 6) is 0.160. The number of carbonyl (C=O) groups excluding carboxylic acids is 1. The zero-order valence-electron chi connectivity index (χ0n) is 17.6. The molecule has 1 aromatic heterocycles. The molecule has 3 rings (SSSR count). The van der Waals surface area contributed by atoms with Crippen molar-refractivity contribution >= 4 is 26.8 Å². The van der Waals surface area contributed by atoms with Gasteiger partial charge in [-0.25, -0.2) is 8.42 Å². The zero-order chi connectivity index (χ0) is 22.6. The Morgan fingerprint density at radius 1 is 1.10 bits per heavy atom. The number of amides is 1. The van der Waals surface area contributed by atoms with E-state index in [0.29, 0.717) is 24.4 Å². The molecule has 0 aliphatic carbocycles. The maximum Gasteiger partial charge on any atom is 0.257 e. The van der Waals surface area contributed by atoms with Crippen LogP contribution in [0.25, 0.3) is 10.9 Å². The lowest BCUT2D eigenvalue weighted by atomic mass is 10.1. The van der Waals surface area contributed by atoms with Crippen LogP contribution in [-0.2, 0) is 16.6 Å². The summed E-state index contributed by atoms with van der Waals surface area (Å²) < 4.78 is 32.0. The average molecular weight is 444 g/mol. The van der Waals surface area contributed by atoms with Gasteiger partial charge in [0.05, 0.1) is 12.0 Å². The minimum absolute atomic E-state index is 0.0185. The second kappa shape index (κ2) is 9.32. The van der Waals surface area contributed by atoms with Crippen molar-refractivity contribution in [1.82, 2.24) is 14.6 Å². The van der Waals surface area contributed by atoms with Gasteiger partial charge in [0.1, 0.15) is 11.3 Å². The largest absolute Gasteiger partial charge is 0.497 e. The fraction of sp³-hybridized carbons (Fsp3) is 0.273. The summed E-state index contributed by atoms with van der Waals surface area (Å²) in [6.45, 7) is 4.37. The van der Waals surface area contributed by atoms with Crippen LogP contribution >= 0.6 is 0 Å². The molecule has 0 saturated heterocycles. The first kappa shape index (κ1) is 22.5. The smallest absolute Gasteiger partial charge is 0.257 e. The van der Waals surface area contributed by atoms with Gasteiger partial charge >= 0.3 is 0 Å². The molecule has 0 radical (unpaired) electrons. The molecule has 2 aromatic carbocycles. The number of pyridine rings is 1. The number of methoxy groups -OCH3 is 1. The van der Waals surface area contributed by atoms with E-state index >= 15 is 0 Å². The summed E-state index contributed by atoms with van der Waals surface area (Å²) in [5.41, 5.74) is 0.685. The van der Waals surface area contributed by atoms with E-state index in [1.54, 1.807) is 33.1 Å². The summed E-state index contributed by atoms with van der Waals surface area (Å²) in [4.78, 5) is 28.5. The molecular weight excluding hydrogens is 418 g/mol. The molecule has 0 unspecified atom stereocenters. The molecule has 8 nitrogen and oxygen atoms in total. The number of hydrogen-bond donors (Lipinski definition) is 2. The lowest BCUT2D eigenvalue weighted by Crippen LogP contribution is -2.31. The minimum Gasteiger partial charge on any atom is -0.497 e. The third-order valence-corrected chi connectivity index (χ3v) is 7.10. The van der Waals surface area contributed by atoms with E-state index in [9.17, 15) is 18.0 Å². The number of aromatic nitrogens is 1. The van der Waals surface area contributed by atoms with Crippen molar-refractivity contribution in [3.63, 3.8) is 0 Å². The molecule has 0 aliphatic rings. The first-order valence-electron chi connectivity index (χ1n) is 9.88. The minimum atomic E-state index is -3.72. The highest BCUT2D eigenvalue weighted by molar-refractivity contribution is 7.89. The SMILES string of the molecule is CCN(CC)S(=O)(=O)c1ccc2[nH]cc(C(=O)NCc3ccc(OC)cc3)c(=O)c2c1. The Labute approximate surface area is 180 Å². The van der Waals surface area contributed by atoms with Crippen LogP contribution in [0, 0.1) is 0 Å². The van der Waals surface area contributed by atoms with E-state index in [-0.39, 0.29) is 22.4 Å². The monoisotopic (exact) mass is 443 g/mol. The van der Waals surface area contributed by atoms with Crippen molar-refractivity contribution in [3.8, 4) is 5.75 Å². The topological polar surface area (TPSA) is 109 Å². The zero-order valence-corrected chi connectivity index (χ0v) is 18.5. The van der Waals surface area contributed by atoms with Crippen molar-refractivity contribution in [3.05, 3.63) is 70.0 Å². The fourth-order valence-electron chi connectivity index (χ4n) is 3.26. The van der Waals surface area contributed by atoms with Crippen LogP contribution in [0.5, 0.6) is 5.75 Å². The molecule has 0 atom stereocenters. The summed E-state index contributed by atoms with van der Waals surface area (Å²) in [6, 6.07) is 11.5. The Hall–Kier alpha value is -3.17. The van der Waals surface area contributed by atoms with Gasteiger partial charge in [-0.1, -0.05) is 26.0 Å². The number of aromatic amines is 1. The molecule has 31 heavy (non-hydrogen) atoms. The fourth-order valence-corrected chi connectivity index (χ4v) is 4.75. The van der Waals surface area contributed by atoms with Gasteiger partial charge < -0.3 is 15.0 Å². The average Bonchev–Trinajstić information content (AvgIpc) is 2.78. The molecule has 1 amide bonds. The van der Waals surface area contributed by atoms with Gasteiger partial charge in [-0.3, -0.25) is 9.59 Å². The van der Waals surface area contributed by atoms with Crippen LogP contribution in [0.3, 0.4) is 0 Å². The normalized spacial score (nSPS) is 11.6. The molecule has 1 heterocycles. The van der Waals surface area contributed by atoms with E-state index in [1.165, 1.54) is 28.7 Å². The second-order valence-electron chi connectivity index (χ2n) is 6.86. The van der Waals surface area contributed by atoms with Crippen LogP contribution in [0.2, 0.25) is 0 Å². The number of hydrogen-bond acceptors (Lipinski definition) is 5.